The lowest BCUT2D eigenvalue weighted by Gasteiger charge is -2.21. The number of carbonyl (C=O) groups excluding carboxylic acids is 1. The largest absolute Gasteiger partial charge is 0.497 e. The number of carbonyl (C=O) groups is 2. The average molecular weight is 382 g/mol. The minimum Gasteiger partial charge on any atom is -0.497 e. The second kappa shape index (κ2) is 8.56. The van der Waals surface area contributed by atoms with Crippen molar-refractivity contribution >= 4 is 17.6 Å². The predicted octanol–water partition coefficient (Wildman–Crippen LogP) is 3.25. The lowest BCUT2D eigenvalue weighted by molar-refractivity contribution is -0.141. The van der Waals surface area contributed by atoms with E-state index in [0.717, 1.165) is 16.8 Å². The van der Waals surface area contributed by atoms with Crippen molar-refractivity contribution in [2.24, 2.45) is 5.10 Å². The number of aliphatic carboxylic acids is 1. The highest BCUT2D eigenvalue weighted by molar-refractivity contribution is 6.03. The normalized spacial score (nSPS) is 15.9. The molecule has 1 heterocycles. The molecule has 0 saturated carbocycles. The molecule has 0 fully saturated rings. The van der Waals surface area contributed by atoms with Gasteiger partial charge in [-0.1, -0.05) is 30.3 Å². The number of methoxy groups -OCH3 is 2. The summed E-state index contributed by atoms with van der Waals surface area (Å²) in [5.41, 5.74) is 2.46. The average Bonchev–Trinajstić information content (AvgIpc) is 3.17. The number of ether oxygens (including phenoxy) is 2. The number of nitrogens with zero attached hydrogens (tertiary/aromatic N) is 2. The van der Waals surface area contributed by atoms with Crippen molar-refractivity contribution in [2.45, 2.75) is 25.3 Å². The molecule has 0 spiro atoms. The van der Waals surface area contributed by atoms with Crippen molar-refractivity contribution in [1.82, 2.24) is 5.01 Å². The summed E-state index contributed by atoms with van der Waals surface area (Å²) in [5, 5.41) is 14.8. The van der Waals surface area contributed by atoms with Crippen molar-refractivity contribution in [3.05, 3.63) is 59.7 Å². The molecule has 1 atom stereocenters. The molecule has 1 amide bonds. The topological polar surface area (TPSA) is 88.4 Å². The van der Waals surface area contributed by atoms with E-state index < -0.39 is 5.97 Å². The summed E-state index contributed by atoms with van der Waals surface area (Å²) in [6.45, 7) is 0. The number of hydrogen-bond acceptors (Lipinski definition) is 5. The van der Waals surface area contributed by atoms with Crippen molar-refractivity contribution in [3.63, 3.8) is 0 Å². The summed E-state index contributed by atoms with van der Waals surface area (Å²) in [6, 6.07) is 14.8. The van der Waals surface area contributed by atoms with Crippen LogP contribution in [0.15, 0.2) is 53.6 Å². The predicted molar refractivity (Wildman–Crippen MR) is 104 cm³/mol. The van der Waals surface area contributed by atoms with Crippen LogP contribution in [0.25, 0.3) is 0 Å². The van der Waals surface area contributed by atoms with Crippen LogP contribution in [-0.2, 0) is 9.59 Å². The van der Waals surface area contributed by atoms with Gasteiger partial charge in [0.05, 0.1) is 32.4 Å². The van der Waals surface area contributed by atoms with E-state index in [-0.39, 0.29) is 24.8 Å². The summed E-state index contributed by atoms with van der Waals surface area (Å²) >= 11 is 0. The van der Waals surface area contributed by atoms with Crippen molar-refractivity contribution < 1.29 is 24.2 Å². The molecule has 1 N–H and O–H groups in total. The quantitative estimate of drug-likeness (QED) is 0.794. The Morgan fingerprint density at radius 1 is 1.07 bits per heavy atom. The Balaban J connectivity index is 1.95. The molecule has 2 aromatic rings. The van der Waals surface area contributed by atoms with Crippen LogP contribution in [0.5, 0.6) is 11.5 Å². The highest BCUT2D eigenvalue weighted by atomic mass is 16.5. The molecule has 7 nitrogen and oxygen atoms in total. The van der Waals surface area contributed by atoms with Crippen LogP contribution in [0.2, 0.25) is 0 Å². The van der Waals surface area contributed by atoms with Gasteiger partial charge < -0.3 is 14.6 Å². The Labute approximate surface area is 163 Å². The first-order valence-electron chi connectivity index (χ1n) is 8.91. The minimum atomic E-state index is -1.01. The third-order valence-electron chi connectivity index (χ3n) is 4.59. The number of hydrogen-bond donors (Lipinski definition) is 1. The summed E-state index contributed by atoms with van der Waals surface area (Å²) in [7, 11) is 3.15. The molecule has 0 aliphatic carbocycles. The molecule has 1 aliphatic rings. The molecule has 0 bridgehead atoms. The van der Waals surface area contributed by atoms with Crippen LogP contribution in [-0.4, -0.2) is 41.9 Å². The number of benzene rings is 2. The Kier molecular flexibility index (Phi) is 5.93. The summed E-state index contributed by atoms with van der Waals surface area (Å²) < 4.78 is 10.7. The lowest BCUT2D eigenvalue weighted by Crippen LogP contribution is -2.27. The van der Waals surface area contributed by atoms with E-state index in [0.29, 0.717) is 17.9 Å². The lowest BCUT2D eigenvalue weighted by atomic mass is 9.98. The SMILES string of the molecule is COc1cc(OC)cc(C2=NN(C(=O)CCC(=O)O)[C@H](c3ccccc3)C2)c1. The van der Waals surface area contributed by atoms with E-state index in [1.165, 1.54) is 5.01 Å². The van der Waals surface area contributed by atoms with Gasteiger partial charge in [0.25, 0.3) is 0 Å². The number of amides is 1. The Morgan fingerprint density at radius 3 is 2.29 bits per heavy atom. The van der Waals surface area contributed by atoms with E-state index >= 15 is 0 Å². The van der Waals surface area contributed by atoms with E-state index in [2.05, 4.69) is 5.10 Å². The fourth-order valence-electron chi connectivity index (χ4n) is 3.15. The first-order valence-corrected chi connectivity index (χ1v) is 8.91. The molecule has 0 radical (unpaired) electrons. The van der Waals surface area contributed by atoms with Gasteiger partial charge in [-0.05, 0) is 17.7 Å². The maximum absolute atomic E-state index is 12.7. The van der Waals surface area contributed by atoms with Gasteiger partial charge in [-0.15, -0.1) is 0 Å². The van der Waals surface area contributed by atoms with Gasteiger partial charge in [0.15, 0.2) is 0 Å². The van der Waals surface area contributed by atoms with Gasteiger partial charge in [0.2, 0.25) is 5.91 Å². The molecular formula is C21H22N2O5. The Bertz CT molecular complexity index is 873. The molecule has 2 aromatic carbocycles. The molecule has 7 heteroatoms. The van der Waals surface area contributed by atoms with Crippen LogP contribution in [0, 0.1) is 0 Å². The van der Waals surface area contributed by atoms with Gasteiger partial charge in [0.1, 0.15) is 11.5 Å². The number of carboxylic acids is 1. The van der Waals surface area contributed by atoms with E-state index in [1.54, 1.807) is 20.3 Å². The molecule has 0 aromatic heterocycles. The standard InChI is InChI=1S/C21H22N2O5/c1-27-16-10-15(11-17(12-16)28-2)18-13-19(14-6-4-3-5-7-14)23(22-18)20(24)8-9-21(25)26/h3-7,10-12,19H,8-9,13H2,1-2H3,(H,25,26)/t19-/m0/s1. The molecule has 146 valence electrons. The highest BCUT2D eigenvalue weighted by Gasteiger charge is 2.33. The zero-order valence-corrected chi connectivity index (χ0v) is 15.8. The second-order valence-electron chi connectivity index (χ2n) is 6.41. The molecule has 1 aliphatic heterocycles. The molecular weight excluding hydrogens is 360 g/mol. The van der Waals surface area contributed by atoms with Crippen molar-refractivity contribution in [3.8, 4) is 11.5 Å². The maximum atomic E-state index is 12.7. The molecule has 0 saturated heterocycles. The zero-order chi connectivity index (χ0) is 20.1. The van der Waals surface area contributed by atoms with Gasteiger partial charge in [0, 0.05) is 24.5 Å². The Hall–Kier alpha value is -3.35. The molecule has 28 heavy (non-hydrogen) atoms. The summed E-state index contributed by atoms with van der Waals surface area (Å²) in [4.78, 5) is 23.5. The van der Waals surface area contributed by atoms with Crippen LogP contribution in [0.4, 0.5) is 0 Å². The minimum absolute atomic E-state index is 0.100. The fraction of sp³-hybridized carbons (Fsp3) is 0.286. The smallest absolute Gasteiger partial charge is 0.303 e. The molecule has 3 rings (SSSR count). The first kappa shape index (κ1) is 19.4. The monoisotopic (exact) mass is 382 g/mol. The maximum Gasteiger partial charge on any atom is 0.303 e. The highest BCUT2D eigenvalue weighted by Crippen LogP contribution is 2.35. The van der Waals surface area contributed by atoms with Crippen molar-refractivity contribution in [2.75, 3.05) is 14.2 Å². The Morgan fingerprint density at radius 2 is 1.71 bits per heavy atom. The number of hydrazone groups is 1. The van der Waals surface area contributed by atoms with E-state index in [4.69, 9.17) is 14.6 Å². The number of carboxylic acid groups (broad SMARTS) is 1. The van der Waals surface area contributed by atoms with Crippen LogP contribution < -0.4 is 9.47 Å². The van der Waals surface area contributed by atoms with Gasteiger partial charge in [-0.3, -0.25) is 9.59 Å². The van der Waals surface area contributed by atoms with Crippen LogP contribution in [0.1, 0.15) is 36.4 Å². The summed E-state index contributed by atoms with van der Waals surface area (Å²) in [5.74, 6) is -0.0698. The van der Waals surface area contributed by atoms with E-state index in [1.807, 2.05) is 42.5 Å². The van der Waals surface area contributed by atoms with Crippen LogP contribution >= 0.6 is 0 Å². The van der Waals surface area contributed by atoms with Gasteiger partial charge in [-0.25, -0.2) is 5.01 Å². The van der Waals surface area contributed by atoms with Gasteiger partial charge in [-0.2, -0.15) is 5.10 Å². The van der Waals surface area contributed by atoms with Gasteiger partial charge >= 0.3 is 5.97 Å². The molecule has 0 unspecified atom stereocenters. The zero-order valence-electron chi connectivity index (χ0n) is 15.8. The first-order chi connectivity index (χ1) is 13.5. The second-order valence-corrected chi connectivity index (χ2v) is 6.41. The van der Waals surface area contributed by atoms with E-state index in [9.17, 15) is 9.59 Å². The number of rotatable bonds is 7. The fourth-order valence-corrected chi connectivity index (χ4v) is 3.15. The van der Waals surface area contributed by atoms with Crippen LogP contribution in [0.3, 0.4) is 0 Å². The summed E-state index contributed by atoms with van der Waals surface area (Å²) in [6.07, 6.45) is 0.185. The third-order valence-corrected chi connectivity index (χ3v) is 4.59. The van der Waals surface area contributed by atoms with Crippen molar-refractivity contribution in [1.29, 1.82) is 0 Å². The third kappa shape index (κ3) is 4.31.